The quantitative estimate of drug-likeness (QED) is 0.655. The summed E-state index contributed by atoms with van der Waals surface area (Å²) in [6, 6.07) is 15.8. The zero-order valence-corrected chi connectivity index (χ0v) is 15.7. The molecule has 144 valence electrons. The number of aromatic nitrogens is 2. The van der Waals surface area contributed by atoms with Gasteiger partial charge in [0.2, 0.25) is 0 Å². The van der Waals surface area contributed by atoms with Crippen molar-refractivity contribution >= 4 is 5.91 Å². The number of halogens is 1. The second-order valence-electron chi connectivity index (χ2n) is 6.92. The van der Waals surface area contributed by atoms with E-state index in [0.29, 0.717) is 31.8 Å². The van der Waals surface area contributed by atoms with Gasteiger partial charge < -0.3 is 9.64 Å². The Hall–Kier alpha value is -3.15. The summed E-state index contributed by atoms with van der Waals surface area (Å²) >= 11 is 0. The predicted octanol–water partition coefficient (Wildman–Crippen LogP) is 3.77. The summed E-state index contributed by atoms with van der Waals surface area (Å²) in [5.41, 5.74) is 3.04. The van der Waals surface area contributed by atoms with Gasteiger partial charge in [0.25, 0.3) is 5.91 Å². The van der Waals surface area contributed by atoms with Crippen LogP contribution in [0.4, 0.5) is 4.39 Å². The molecule has 28 heavy (non-hydrogen) atoms. The first-order valence-electron chi connectivity index (χ1n) is 9.42. The highest BCUT2D eigenvalue weighted by Crippen LogP contribution is 2.25. The number of fused-ring (bicyclic) bond motifs is 1. The van der Waals surface area contributed by atoms with Gasteiger partial charge in [-0.3, -0.25) is 9.48 Å². The van der Waals surface area contributed by atoms with Crippen LogP contribution < -0.4 is 4.74 Å². The lowest BCUT2D eigenvalue weighted by molar-refractivity contribution is -0.139. The lowest BCUT2D eigenvalue weighted by Gasteiger charge is -2.23. The molecule has 5 nitrogen and oxygen atoms in total. The summed E-state index contributed by atoms with van der Waals surface area (Å²) in [6.45, 7) is 3.54. The second kappa shape index (κ2) is 7.84. The number of carbonyl (C=O) groups excluding carboxylic acids is 1. The molecule has 1 amide bonds. The first kappa shape index (κ1) is 18.2. The molecule has 1 unspecified atom stereocenters. The first-order valence-corrected chi connectivity index (χ1v) is 9.42. The van der Waals surface area contributed by atoms with Crippen LogP contribution in [-0.2, 0) is 24.4 Å². The Bertz CT molecular complexity index is 954. The van der Waals surface area contributed by atoms with Crippen LogP contribution >= 0.6 is 0 Å². The molecule has 1 atom stereocenters. The lowest BCUT2D eigenvalue weighted by Crippen LogP contribution is -2.39. The van der Waals surface area contributed by atoms with Gasteiger partial charge in [-0.2, -0.15) is 5.10 Å². The van der Waals surface area contributed by atoms with Crippen molar-refractivity contribution in [2.75, 3.05) is 0 Å². The number of para-hydroxylation sites is 1. The average molecular weight is 379 g/mol. The van der Waals surface area contributed by atoms with Crippen molar-refractivity contribution < 1.29 is 13.9 Å². The number of ether oxygens (including phenoxy) is 1. The maximum atomic E-state index is 13.1. The molecule has 2 heterocycles. The molecule has 0 saturated heterocycles. The largest absolute Gasteiger partial charge is 0.481 e. The number of nitrogens with zero attached hydrogens (tertiary/aromatic N) is 3. The number of benzene rings is 2. The van der Waals surface area contributed by atoms with E-state index in [0.717, 1.165) is 16.8 Å². The van der Waals surface area contributed by atoms with Gasteiger partial charge >= 0.3 is 0 Å². The van der Waals surface area contributed by atoms with Crippen LogP contribution in [0.1, 0.15) is 30.2 Å². The summed E-state index contributed by atoms with van der Waals surface area (Å²) in [5, 5.41) is 4.44. The third-order valence-electron chi connectivity index (χ3n) is 4.96. The molecule has 0 N–H and O–H groups in total. The lowest BCUT2D eigenvalue weighted by atomic mass is 10.2. The Labute approximate surface area is 163 Å². The van der Waals surface area contributed by atoms with Gasteiger partial charge in [0.1, 0.15) is 11.6 Å². The number of hydrogen-bond acceptors (Lipinski definition) is 3. The van der Waals surface area contributed by atoms with E-state index in [1.54, 1.807) is 12.1 Å². The summed E-state index contributed by atoms with van der Waals surface area (Å²) in [7, 11) is 0. The van der Waals surface area contributed by atoms with Gasteiger partial charge in [-0.1, -0.05) is 37.3 Å². The standard InChI is InChI=1S/C22H22FN3O2/c1-2-21(28-19-6-4-3-5-7-19)22(27)25-14-17-12-24-26(20(17)15-25)13-16-8-10-18(23)11-9-16/h3-12,21H,2,13-15H2,1H3. The SMILES string of the molecule is CCC(Oc1ccccc1)C(=O)N1Cc2cnn(Cc3ccc(F)cc3)c2C1. The normalized spacial score (nSPS) is 14.0. The van der Waals surface area contributed by atoms with Gasteiger partial charge in [0.05, 0.1) is 25.0 Å². The van der Waals surface area contributed by atoms with E-state index in [9.17, 15) is 9.18 Å². The van der Waals surface area contributed by atoms with Crippen LogP contribution in [-0.4, -0.2) is 26.7 Å². The minimum atomic E-state index is -0.509. The van der Waals surface area contributed by atoms with E-state index in [-0.39, 0.29) is 11.7 Å². The van der Waals surface area contributed by atoms with Gasteiger partial charge in [-0.05, 0) is 36.2 Å². The third-order valence-corrected chi connectivity index (χ3v) is 4.96. The molecule has 0 saturated carbocycles. The summed E-state index contributed by atoms with van der Waals surface area (Å²) in [6.07, 6.45) is 1.90. The van der Waals surface area contributed by atoms with E-state index < -0.39 is 6.10 Å². The fraction of sp³-hybridized carbons (Fsp3) is 0.273. The molecule has 0 spiro atoms. The number of rotatable bonds is 6. The van der Waals surface area contributed by atoms with Crippen molar-refractivity contribution in [3.8, 4) is 5.75 Å². The van der Waals surface area contributed by atoms with E-state index >= 15 is 0 Å². The Morgan fingerprint density at radius 2 is 1.89 bits per heavy atom. The molecule has 0 fully saturated rings. The molecule has 4 rings (SSSR count). The first-order chi connectivity index (χ1) is 13.6. The van der Waals surface area contributed by atoms with Gasteiger partial charge in [0, 0.05) is 12.1 Å². The third kappa shape index (κ3) is 3.76. The maximum absolute atomic E-state index is 13.1. The van der Waals surface area contributed by atoms with Gasteiger partial charge in [-0.15, -0.1) is 0 Å². The molecule has 1 aliphatic heterocycles. The van der Waals surface area contributed by atoms with Crippen molar-refractivity contribution in [3.63, 3.8) is 0 Å². The summed E-state index contributed by atoms with van der Waals surface area (Å²) in [5.74, 6) is 0.424. The topological polar surface area (TPSA) is 47.4 Å². The number of hydrogen-bond donors (Lipinski definition) is 0. The summed E-state index contributed by atoms with van der Waals surface area (Å²) < 4.78 is 20.9. The zero-order valence-electron chi connectivity index (χ0n) is 15.7. The Morgan fingerprint density at radius 1 is 1.14 bits per heavy atom. The second-order valence-corrected chi connectivity index (χ2v) is 6.92. The zero-order chi connectivity index (χ0) is 19.5. The van der Waals surface area contributed by atoms with Crippen LogP contribution in [0, 0.1) is 5.82 Å². The molecule has 2 aromatic carbocycles. The van der Waals surface area contributed by atoms with E-state index in [1.807, 2.05) is 53.0 Å². The molecule has 0 radical (unpaired) electrons. The van der Waals surface area contributed by atoms with Crippen molar-refractivity contribution in [2.24, 2.45) is 0 Å². The van der Waals surface area contributed by atoms with Crippen LogP contribution in [0.15, 0.2) is 60.8 Å². The average Bonchev–Trinajstić information content (AvgIpc) is 3.30. The van der Waals surface area contributed by atoms with Crippen LogP contribution in [0.5, 0.6) is 5.75 Å². The Balaban J connectivity index is 1.44. The molecule has 6 heteroatoms. The molecular formula is C22H22FN3O2. The minimum Gasteiger partial charge on any atom is -0.481 e. The monoisotopic (exact) mass is 379 g/mol. The number of carbonyl (C=O) groups is 1. The van der Waals surface area contributed by atoms with Gasteiger partial charge in [-0.25, -0.2) is 4.39 Å². The van der Waals surface area contributed by atoms with Crippen molar-refractivity contribution in [1.29, 1.82) is 0 Å². The van der Waals surface area contributed by atoms with Crippen molar-refractivity contribution in [1.82, 2.24) is 14.7 Å². The van der Waals surface area contributed by atoms with E-state index in [1.165, 1.54) is 12.1 Å². The molecular weight excluding hydrogens is 357 g/mol. The predicted molar refractivity (Wildman–Crippen MR) is 103 cm³/mol. The number of amides is 1. The highest BCUT2D eigenvalue weighted by atomic mass is 19.1. The smallest absolute Gasteiger partial charge is 0.264 e. The highest BCUT2D eigenvalue weighted by Gasteiger charge is 2.31. The van der Waals surface area contributed by atoms with Crippen molar-refractivity contribution in [3.05, 3.63) is 83.4 Å². The van der Waals surface area contributed by atoms with E-state index in [4.69, 9.17) is 4.74 Å². The molecule has 0 bridgehead atoms. The van der Waals surface area contributed by atoms with Crippen LogP contribution in [0.3, 0.4) is 0 Å². The highest BCUT2D eigenvalue weighted by molar-refractivity contribution is 5.81. The molecule has 0 aliphatic carbocycles. The van der Waals surface area contributed by atoms with Crippen LogP contribution in [0.2, 0.25) is 0 Å². The molecule has 1 aromatic heterocycles. The van der Waals surface area contributed by atoms with Gasteiger partial charge in [0.15, 0.2) is 6.10 Å². The maximum Gasteiger partial charge on any atom is 0.264 e. The molecule has 1 aliphatic rings. The summed E-state index contributed by atoms with van der Waals surface area (Å²) in [4.78, 5) is 14.8. The Kier molecular flexibility index (Phi) is 5.10. The minimum absolute atomic E-state index is 0.0177. The van der Waals surface area contributed by atoms with Crippen LogP contribution in [0.25, 0.3) is 0 Å². The fourth-order valence-corrected chi connectivity index (χ4v) is 3.44. The van der Waals surface area contributed by atoms with Crippen molar-refractivity contribution in [2.45, 2.75) is 39.1 Å². The Morgan fingerprint density at radius 3 is 2.61 bits per heavy atom. The molecule has 3 aromatic rings. The fourth-order valence-electron chi connectivity index (χ4n) is 3.44. The van der Waals surface area contributed by atoms with E-state index in [2.05, 4.69) is 5.10 Å².